The van der Waals surface area contributed by atoms with E-state index in [9.17, 15) is 14.7 Å². The van der Waals surface area contributed by atoms with Crippen molar-refractivity contribution in [3.8, 4) is 17.2 Å². The summed E-state index contributed by atoms with van der Waals surface area (Å²) in [6, 6.07) is 11.6. The minimum absolute atomic E-state index is 0.0670. The van der Waals surface area contributed by atoms with Gasteiger partial charge in [-0.15, -0.1) is 0 Å². The molecule has 1 N–H and O–H groups in total. The number of nitrogens with zero attached hydrogens (tertiary/aromatic N) is 1. The molecule has 2 aromatic carbocycles. The molecule has 6 nitrogen and oxygen atoms in total. The highest BCUT2D eigenvalue weighted by Gasteiger charge is 2.29. The Morgan fingerprint density at radius 3 is 2.52 bits per heavy atom. The van der Waals surface area contributed by atoms with Crippen LogP contribution in [0.25, 0.3) is 11.5 Å². The van der Waals surface area contributed by atoms with Crippen LogP contribution in [-0.2, 0) is 11.2 Å². The maximum Gasteiger partial charge on any atom is 0.347 e. The van der Waals surface area contributed by atoms with Gasteiger partial charge < -0.3 is 14.3 Å². The van der Waals surface area contributed by atoms with E-state index >= 15 is 0 Å². The third kappa shape index (κ3) is 5.95. The molecule has 1 heterocycles. The van der Waals surface area contributed by atoms with E-state index in [1.165, 1.54) is 13.8 Å². The molecule has 33 heavy (non-hydrogen) atoms. The summed E-state index contributed by atoms with van der Waals surface area (Å²) in [7, 11) is 0. The third-order valence-corrected chi connectivity index (χ3v) is 5.59. The second-order valence-corrected chi connectivity index (χ2v) is 9.32. The predicted molar refractivity (Wildman–Crippen MR) is 127 cm³/mol. The summed E-state index contributed by atoms with van der Waals surface area (Å²) in [5.74, 6) is 0.258. The Bertz CT molecular complexity index is 1180. The van der Waals surface area contributed by atoms with Crippen LogP contribution in [0.3, 0.4) is 0 Å². The van der Waals surface area contributed by atoms with E-state index in [1.807, 2.05) is 13.8 Å². The third-order valence-electron chi connectivity index (χ3n) is 5.05. The first-order chi connectivity index (χ1) is 15.5. The molecule has 0 aliphatic heterocycles. The summed E-state index contributed by atoms with van der Waals surface area (Å²) in [4.78, 5) is 28.8. The van der Waals surface area contributed by atoms with Gasteiger partial charge in [-0.1, -0.05) is 49.2 Å². The maximum absolute atomic E-state index is 12.9. The monoisotopic (exact) mass is 489 g/mol. The van der Waals surface area contributed by atoms with Crippen molar-refractivity contribution < 1.29 is 23.8 Å². The van der Waals surface area contributed by atoms with Crippen LogP contribution in [0.15, 0.2) is 46.9 Å². The van der Waals surface area contributed by atoms with Crippen molar-refractivity contribution in [1.82, 2.24) is 4.98 Å². The zero-order valence-corrected chi connectivity index (χ0v) is 20.3. The van der Waals surface area contributed by atoms with Crippen LogP contribution < -0.4 is 4.74 Å². The summed E-state index contributed by atoms with van der Waals surface area (Å²) >= 11 is 12.3. The molecule has 0 aliphatic rings. The number of oxazole rings is 1. The first kappa shape index (κ1) is 24.8. The molecule has 0 bridgehead atoms. The summed E-state index contributed by atoms with van der Waals surface area (Å²) < 4.78 is 11.5. The lowest BCUT2D eigenvalue weighted by Crippen LogP contribution is -2.37. The molecular formula is C25H25Cl2NO5. The number of Topliss-reactive ketones (excluding diaryl/α,β-unsaturated/α-hetero) is 1. The number of carboxylic acid groups (broad SMARTS) is 1. The Morgan fingerprint density at radius 2 is 1.88 bits per heavy atom. The van der Waals surface area contributed by atoms with Crippen LogP contribution in [0, 0.1) is 0 Å². The number of aryl methyl sites for hydroxylation is 1. The fourth-order valence-corrected chi connectivity index (χ4v) is 3.71. The first-order valence-corrected chi connectivity index (χ1v) is 11.2. The second-order valence-electron chi connectivity index (χ2n) is 8.48. The Hall–Kier alpha value is -2.83. The number of carbonyl (C=O) groups is 2. The van der Waals surface area contributed by atoms with E-state index < -0.39 is 11.6 Å². The van der Waals surface area contributed by atoms with Crippen LogP contribution in [0.1, 0.15) is 61.8 Å². The molecule has 0 fully saturated rings. The van der Waals surface area contributed by atoms with Gasteiger partial charge in [0.2, 0.25) is 5.89 Å². The number of carboxylic acids is 1. The number of rotatable bonds is 9. The maximum atomic E-state index is 12.9. The van der Waals surface area contributed by atoms with Gasteiger partial charge >= 0.3 is 5.97 Å². The zero-order chi connectivity index (χ0) is 24.3. The molecule has 3 rings (SSSR count). The van der Waals surface area contributed by atoms with Gasteiger partial charge in [0.05, 0.1) is 16.3 Å². The highest BCUT2D eigenvalue weighted by atomic mass is 35.5. The first-order valence-electron chi connectivity index (χ1n) is 10.5. The highest BCUT2D eigenvalue weighted by molar-refractivity contribution is 6.36. The molecule has 0 spiro atoms. The molecule has 0 saturated carbocycles. The van der Waals surface area contributed by atoms with Crippen molar-refractivity contribution in [2.75, 3.05) is 0 Å². The lowest BCUT2D eigenvalue weighted by molar-refractivity contribution is -0.152. The molecule has 3 aromatic rings. The molecule has 8 heteroatoms. The van der Waals surface area contributed by atoms with Gasteiger partial charge in [-0.25, -0.2) is 9.78 Å². The summed E-state index contributed by atoms with van der Waals surface area (Å²) in [6.07, 6.45) is 0.582. The van der Waals surface area contributed by atoms with E-state index in [4.69, 9.17) is 32.4 Å². The number of hydrogen-bond donors (Lipinski definition) is 1. The molecular weight excluding hydrogens is 465 g/mol. The van der Waals surface area contributed by atoms with E-state index in [1.54, 1.807) is 42.5 Å². The standard InChI is InChI=1S/C25H25Cl2NO5/c1-14(2)22-20(28-23(32-22)18-9-8-16(26)13-19(18)27)10-11-21(29)15-6-5-7-17(12-15)33-25(3,4)24(30)31/h5-9,12-14H,10-11H2,1-4H3,(H,30,31). The number of halogens is 2. The average molecular weight is 490 g/mol. The summed E-state index contributed by atoms with van der Waals surface area (Å²) in [6.45, 7) is 6.88. The van der Waals surface area contributed by atoms with Crippen molar-refractivity contribution in [2.24, 2.45) is 0 Å². The number of hydrogen-bond acceptors (Lipinski definition) is 5. The van der Waals surface area contributed by atoms with Gasteiger partial charge in [0, 0.05) is 29.3 Å². The molecule has 0 unspecified atom stereocenters. The topological polar surface area (TPSA) is 89.6 Å². The number of ketones is 1. The van der Waals surface area contributed by atoms with Crippen LogP contribution in [0.5, 0.6) is 5.75 Å². The van der Waals surface area contributed by atoms with Crippen LogP contribution in [-0.4, -0.2) is 27.4 Å². The van der Waals surface area contributed by atoms with Crippen molar-refractivity contribution in [1.29, 1.82) is 0 Å². The highest BCUT2D eigenvalue weighted by Crippen LogP contribution is 2.33. The van der Waals surface area contributed by atoms with Crippen molar-refractivity contribution in [3.05, 3.63) is 69.5 Å². The SMILES string of the molecule is CC(C)c1oc(-c2ccc(Cl)cc2Cl)nc1CCC(=O)c1cccc(OC(C)(C)C(=O)O)c1. The van der Waals surface area contributed by atoms with Gasteiger partial charge in [-0.3, -0.25) is 4.79 Å². The number of ether oxygens (including phenoxy) is 1. The normalized spacial score (nSPS) is 11.6. The molecule has 0 amide bonds. The molecule has 174 valence electrons. The van der Waals surface area contributed by atoms with E-state index in [0.717, 1.165) is 0 Å². The molecule has 0 atom stereocenters. The van der Waals surface area contributed by atoms with Gasteiger partial charge in [-0.2, -0.15) is 0 Å². The second kappa shape index (κ2) is 9.98. The van der Waals surface area contributed by atoms with Crippen molar-refractivity contribution in [2.45, 2.75) is 52.1 Å². The predicted octanol–water partition coefficient (Wildman–Crippen LogP) is 6.83. The molecule has 0 aliphatic carbocycles. The number of aromatic nitrogens is 1. The Morgan fingerprint density at radius 1 is 1.15 bits per heavy atom. The van der Waals surface area contributed by atoms with Gasteiger partial charge in [0.25, 0.3) is 0 Å². The van der Waals surface area contributed by atoms with E-state index in [-0.39, 0.29) is 18.1 Å². The number of aliphatic carboxylic acids is 1. The Labute approximate surface area is 202 Å². The van der Waals surface area contributed by atoms with Crippen LogP contribution in [0.2, 0.25) is 10.0 Å². The van der Waals surface area contributed by atoms with E-state index in [2.05, 4.69) is 4.98 Å². The zero-order valence-electron chi connectivity index (χ0n) is 18.8. The largest absolute Gasteiger partial charge is 0.478 e. The Balaban J connectivity index is 1.78. The van der Waals surface area contributed by atoms with Gasteiger partial charge in [0.1, 0.15) is 11.5 Å². The minimum Gasteiger partial charge on any atom is -0.478 e. The lowest BCUT2D eigenvalue weighted by Gasteiger charge is -2.21. The molecule has 0 saturated heterocycles. The summed E-state index contributed by atoms with van der Waals surface area (Å²) in [5.41, 5.74) is 0.350. The number of benzene rings is 2. The average Bonchev–Trinajstić information content (AvgIpc) is 3.16. The van der Waals surface area contributed by atoms with Crippen molar-refractivity contribution in [3.63, 3.8) is 0 Å². The molecule has 1 aromatic heterocycles. The lowest BCUT2D eigenvalue weighted by atomic mass is 10.0. The summed E-state index contributed by atoms with van der Waals surface area (Å²) in [5, 5.41) is 10.2. The van der Waals surface area contributed by atoms with Crippen molar-refractivity contribution >= 4 is 35.0 Å². The minimum atomic E-state index is -1.41. The van der Waals surface area contributed by atoms with Crippen LogP contribution >= 0.6 is 23.2 Å². The van der Waals surface area contributed by atoms with E-state index in [0.29, 0.717) is 50.7 Å². The fraction of sp³-hybridized carbons (Fsp3) is 0.320. The molecule has 0 radical (unpaired) electrons. The Kier molecular flexibility index (Phi) is 7.50. The number of carbonyl (C=O) groups excluding carboxylic acids is 1. The van der Waals surface area contributed by atoms with Gasteiger partial charge in [-0.05, 0) is 44.2 Å². The van der Waals surface area contributed by atoms with Gasteiger partial charge in [0.15, 0.2) is 11.4 Å². The van der Waals surface area contributed by atoms with Crippen LogP contribution in [0.4, 0.5) is 0 Å². The smallest absolute Gasteiger partial charge is 0.347 e. The fourth-order valence-electron chi connectivity index (χ4n) is 3.22. The quantitative estimate of drug-likeness (QED) is 0.331.